The molecular formula is C14H15N5. The van der Waals surface area contributed by atoms with Crippen molar-refractivity contribution in [3.05, 3.63) is 60.9 Å². The van der Waals surface area contributed by atoms with Gasteiger partial charge in [0.05, 0.1) is 30.3 Å². The maximum atomic E-state index is 4.34. The van der Waals surface area contributed by atoms with Gasteiger partial charge in [-0.25, -0.2) is 9.67 Å². The Kier molecular flexibility index (Phi) is 3.02. The molecule has 0 saturated carbocycles. The van der Waals surface area contributed by atoms with Crippen molar-refractivity contribution in [1.29, 1.82) is 0 Å². The number of imidazole rings is 1. The van der Waals surface area contributed by atoms with Gasteiger partial charge in [-0.05, 0) is 12.1 Å². The zero-order chi connectivity index (χ0) is 13.1. The first-order valence-corrected chi connectivity index (χ1v) is 6.13. The van der Waals surface area contributed by atoms with Gasteiger partial charge in [0, 0.05) is 19.4 Å². The smallest absolute Gasteiger partial charge is 0.127 e. The van der Waals surface area contributed by atoms with Crippen molar-refractivity contribution in [2.24, 2.45) is 7.05 Å². The predicted octanol–water partition coefficient (Wildman–Crippen LogP) is 2.22. The van der Waals surface area contributed by atoms with E-state index >= 15 is 0 Å². The standard InChI is InChI=1S/C14H15N5/c1-18-8-7-15-14(18)10-16-12-9-17-19(11-12)13-5-3-2-4-6-13/h2-9,11,16H,10H2,1H3. The van der Waals surface area contributed by atoms with Crippen LogP contribution in [0.4, 0.5) is 5.69 Å². The molecule has 5 nitrogen and oxygen atoms in total. The molecule has 1 aromatic carbocycles. The molecule has 5 heteroatoms. The second kappa shape index (κ2) is 4.97. The van der Waals surface area contributed by atoms with Crippen molar-refractivity contribution in [3.8, 4) is 5.69 Å². The van der Waals surface area contributed by atoms with Crippen molar-refractivity contribution in [2.75, 3.05) is 5.32 Å². The van der Waals surface area contributed by atoms with Gasteiger partial charge in [-0.2, -0.15) is 5.10 Å². The van der Waals surface area contributed by atoms with E-state index in [2.05, 4.69) is 15.4 Å². The van der Waals surface area contributed by atoms with Crippen LogP contribution in [0.3, 0.4) is 0 Å². The van der Waals surface area contributed by atoms with Crippen molar-refractivity contribution < 1.29 is 0 Å². The normalized spacial score (nSPS) is 10.6. The van der Waals surface area contributed by atoms with Gasteiger partial charge in [-0.1, -0.05) is 18.2 Å². The lowest BCUT2D eigenvalue weighted by Crippen LogP contribution is -2.05. The summed E-state index contributed by atoms with van der Waals surface area (Å²) in [7, 11) is 1.98. The Morgan fingerprint density at radius 3 is 2.79 bits per heavy atom. The Labute approximate surface area is 111 Å². The van der Waals surface area contributed by atoms with E-state index in [4.69, 9.17) is 0 Å². The van der Waals surface area contributed by atoms with Gasteiger partial charge in [0.2, 0.25) is 0 Å². The largest absolute Gasteiger partial charge is 0.375 e. The molecular weight excluding hydrogens is 238 g/mol. The molecule has 0 atom stereocenters. The van der Waals surface area contributed by atoms with Gasteiger partial charge in [-0.3, -0.25) is 0 Å². The Bertz CT molecular complexity index is 653. The molecule has 3 rings (SSSR count). The first-order chi connectivity index (χ1) is 9.33. The Morgan fingerprint density at radius 1 is 1.21 bits per heavy atom. The van der Waals surface area contributed by atoms with E-state index in [0.29, 0.717) is 6.54 Å². The molecule has 0 aliphatic heterocycles. The summed E-state index contributed by atoms with van der Waals surface area (Å²) in [5.41, 5.74) is 2.03. The highest BCUT2D eigenvalue weighted by atomic mass is 15.3. The molecule has 0 bridgehead atoms. The number of nitrogens with one attached hydrogen (secondary N) is 1. The molecule has 1 N–H and O–H groups in total. The van der Waals surface area contributed by atoms with Gasteiger partial charge in [0.15, 0.2) is 0 Å². The summed E-state index contributed by atoms with van der Waals surface area (Å²) in [6.45, 7) is 0.685. The topological polar surface area (TPSA) is 47.7 Å². The molecule has 2 heterocycles. The lowest BCUT2D eigenvalue weighted by molar-refractivity contribution is 0.813. The minimum Gasteiger partial charge on any atom is -0.375 e. The first-order valence-electron chi connectivity index (χ1n) is 6.13. The van der Waals surface area contributed by atoms with Crippen LogP contribution in [0.1, 0.15) is 5.82 Å². The fourth-order valence-corrected chi connectivity index (χ4v) is 1.88. The summed E-state index contributed by atoms with van der Waals surface area (Å²) in [5.74, 6) is 0.993. The summed E-state index contributed by atoms with van der Waals surface area (Å²) in [4.78, 5) is 4.27. The van der Waals surface area contributed by atoms with Crippen molar-refractivity contribution in [2.45, 2.75) is 6.54 Å². The number of benzene rings is 1. The van der Waals surface area contributed by atoms with Crippen molar-refractivity contribution in [3.63, 3.8) is 0 Å². The van der Waals surface area contributed by atoms with Crippen LogP contribution in [0.5, 0.6) is 0 Å². The highest BCUT2D eigenvalue weighted by Crippen LogP contribution is 2.11. The Balaban J connectivity index is 1.70. The molecule has 2 aromatic heterocycles. The molecule has 0 unspecified atom stereocenters. The van der Waals surface area contributed by atoms with Gasteiger partial charge < -0.3 is 9.88 Å². The zero-order valence-corrected chi connectivity index (χ0v) is 10.7. The third-order valence-corrected chi connectivity index (χ3v) is 2.97. The molecule has 0 saturated heterocycles. The van der Waals surface area contributed by atoms with E-state index in [1.54, 1.807) is 6.20 Å². The van der Waals surface area contributed by atoms with E-state index in [1.807, 2.05) is 65.2 Å². The van der Waals surface area contributed by atoms with Crippen LogP contribution in [0.25, 0.3) is 5.69 Å². The molecule has 0 aliphatic carbocycles. The summed E-state index contributed by atoms with van der Waals surface area (Å²) < 4.78 is 3.84. The van der Waals surface area contributed by atoms with Crippen LogP contribution < -0.4 is 5.32 Å². The average Bonchev–Trinajstić information content (AvgIpc) is 3.06. The maximum Gasteiger partial charge on any atom is 0.127 e. The molecule has 0 spiro atoms. The number of hydrogen-bond donors (Lipinski definition) is 1. The van der Waals surface area contributed by atoms with Crippen LogP contribution in [-0.2, 0) is 13.6 Å². The average molecular weight is 253 g/mol. The number of aromatic nitrogens is 4. The summed E-state index contributed by atoms with van der Waals surface area (Å²) in [6, 6.07) is 10.0. The van der Waals surface area contributed by atoms with Crippen LogP contribution in [0.2, 0.25) is 0 Å². The van der Waals surface area contributed by atoms with Crippen molar-refractivity contribution in [1.82, 2.24) is 19.3 Å². The maximum absolute atomic E-state index is 4.34. The molecule has 0 radical (unpaired) electrons. The summed E-state index contributed by atoms with van der Waals surface area (Å²) >= 11 is 0. The lowest BCUT2D eigenvalue weighted by atomic mass is 10.3. The van der Waals surface area contributed by atoms with E-state index in [9.17, 15) is 0 Å². The van der Waals surface area contributed by atoms with Crippen LogP contribution in [-0.4, -0.2) is 19.3 Å². The number of para-hydroxylation sites is 1. The molecule has 0 amide bonds. The zero-order valence-electron chi connectivity index (χ0n) is 10.7. The van der Waals surface area contributed by atoms with E-state index in [1.165, 1.54) is 0 Å². The van der Waals surface area contributed by atoms with Gasteiger partial charge in [-0.15, -0.1) is 0 Å². The summed E-state index contributed by atoms with van der Waals surface area (Å²) in [5, 5.41) is 7.65. The van der Waals surface area contributed by atoms with Crippen LogP contribution in [0.15, 0.2) is 55.1 Å². The van der Waals surface area contributed by atoms with Crippen LogP contribution in [0, 0.1) is 0 Å². The molecule has 0 aliphatic rings. The molecule has 96 valence electrons. The second-order valence-electron chi connectivity index (χ2n) is 4.32. The number of hydrogen-bond acceptors (Lipinski definition) is 3. The minimum absolute atomic E-state index is 0.685. The third-order valence-electron chi connectivity index (χ3n) is 2.97. The SMILES string of the molecule is Cn1ccnc1CNc1cnn(-c2ccccc2)c1. The third kappa shape index (κ3) is 2.49. The number of nitrogens with zero attached hydrogens (tertiary/aromatic N) is 4. The van der Waals surface area contributed by atoms with E-state index < -0.39 is 0 Å². The molecule has 3 aromatic rings. The van der Waals surface area contributed by atoms with Crippen LogP contribution >= 0.6 is 0 Å². The highest BCUT2D eigenvalue weighted by Gasteiger charge is 2.02. The van der Waals surface area contributed by atoms with E-state index in [0.717, 1.165) is 17.2 Å². The second-order valence-corrected chi connectivity index (χ2v) is 4.32. The number of aryl methyl sites for hydroxylation is 1. The fraction of sp³-hybridized carbons (Fsp3) is 0.143. The van der Waals surface area contributed by atoms with Gasteiger partial charge in [0.25, 0.3) is 0 Å². The number of anilines is 1. The van der Waals surface area contributed by atoms with Crippen molar-refractivity contribution >= 4 is 5.69 Å². The monoisotopic (exact) mass is 253 g/mol. The van der Waals surface area contributed by atoms with Gasteiger partial charge >= 0.3 is 0 Å². The van der Waals surface area contributed by atoms with E-state index in [-0.39, 0.29) is 0 Å². The Morgan fingerprint density at radius 2 is 2.05 bits per heavy atom. The predicted molar refractivity (Wildman–Crippen MR) is 74.1 cm³/mol. The number of rotatable bonds is 4. The quantitative estimate of drug-likeness (QED) is 0.775. The highest BCUT2D eigenvalue weighted by molar-refractivity contribution is 5.42. The van der Waals surface area contributed by atoms with Gasteiger partial charge in [0.1, 0.15) is 5.82 Å². The summed E-state index contributed by atoms with van der Waals surface area (Å²) in [6.07, 6.45) is 7.52. The molecule has 0 fully saturated rings. The Hall–Kier alpha value is -2.56. The lowest BCUT2D eigenvalue weighted by Gasteiger charge is -2.03. The fourth-order valence-electron chi connectivity index (χ4n) is 1.88. The minimum atomic E-state index is 0.685. The molecule has 19 heavy (non-hydrogen) atoms. The first kappa shape index (κ1) is 11.5.